The van der Waals surface area contributed by atoms with Crippen molar-refractivity contribution in [3.8, 4) is 35.3 Å². The number of carbonyl (C=O) groups is 4. The number of rotatable bonds is 22. The highest BCUT2D eigenvalue weighted by atomic mass is 16.4. The van der Waals surface area contributed by atoms with E-state index in [4.69, 9.17) is 11.5 Å². The molecule has 0 aliphatic carbocycles. The number of nitrogens with zero attached hydrogens (tertiary/aromatic N) is 18. The number of nitrogens with two attached hydrogens (primary N) is 2. The number of carboxylic acids is 4. The van der Waals surface area contributed by atoms with Crippen LogP contribution in [0.25, 0.3) is 23.3 Å². The molecule has 6 heterocycles. The van der Waals surface area contributed by atoms with E-state index < -0.39 is 35.9 Å². The minimum absolute atomic E-state index is 0.00269. The number of nitrogens with one attached hydrogen (secondary N) is 2. The first-order chi connectivity index (χ1) is 40.9. The van der Waals surface area contributed by atoms with Crippen LogP contribution in [0.2, 0.25) is 0 Å². The van der Waals surface area contributed by atoms with Crippen LogP contribution in [0.4, 0.5) is 57.9 Å². The van der Waals surface area contributed by atoms with E-state index in [1.54, 1.807) is 35.6 Å². The van der Waals surface area contributed by atoms with Gasteiger partial charge in [-0.05, 0) is 100 Å². The molecule has 0 radical (unpaired) electrons. The standard InChI is InChI=1S/C53H46N22O10/c1-26-38(40(54)74(70-26)50-60-48(62-52(84)64-50)58-34-20-30(44(76)77)18-31(21-34)45(78)79)66-68-42-28(24-56-72(42)36-14-8-4-9-15-36)12-6-3-7-13-29-25-57-73(37-16-10-5-11-17-37)43(29)69-67-39-27(2)71-75(41(39)55)51-61-49(63-53(85)65-51)59-35-22-32(46(80)81)19-33(23-35)47(82)83/h4-5,8-11,14-25H,3,6-7,12-13,54-55H2,1-2H3,(H,76,77)(H,78,79)(H,80,81)(H,82,83)(H2,58,60,62,64,84)(H2,59,61,63,65,85)/b68-66+,69-67+. The minimum atomic E-state index is -1.37. The summed E-state index contributed by atoms with van der Waals surface area (Å²) in [4.78, 5) is 71.0. The topological polar surface area (TPSA) is 464 Å². The fourth-order valence-electron chi connectivity index (χ4n) is 8.62. The van der Waals surface area contributed by atoms with E-state index in [9.17, 15) is 49.8 Å². The quantitative estimate of drug-likeness (QED) is 0.0226. The lowest BCUT2D eigenvalue weighted by Gasteiger charge is -2.09. The van der Waals surface area contributed by atoms with E-state index >= 15 is 0 Å². The highest BCUT2D eigenvalue weighted by molar-refractivity contribution is 5.96. The lowest BCUT2D eigenvalue weighted by atomic mass is 10.1. The summed E-state index contributed by atoms with van der Waals surface area (Å²) in [7, 11) is 0. The number of azo groups is 2. The zero-order chi connectivity index (χ0) is 60.1. The van der Waals surface area contributed by atoms with E-state index in [1.807, 2.05) is 60.7 Å². The molecule has 0 unspecified atom stereocenters. The van der Waals surface area contributed by atoms with Crippen molar-refractivity contribution >= 4 is 81.8 Å². The van der Waals surface area contributed by atoms with Crippen LogP contribution < -0.4 is 22.1 Å². The molecule has 10 aromatic rings. The molecule has 32 heteroatoms. The second-order valence-corrected chi connectivity index (χ2v) is 18.5. The molecule has 0 amide bonds. The normalized spacial score (nSPS) is 11.4. The van der Waals surface area contributed by atoms with Crippen molar-refractivity contribution in [1.82, 2.24) is 69.0 Å². The van der Waals surface area contributed by atoms with Gasteiger partial charge in [-0.1, -0.05) is 42.8 Å². The summed E-state index contributed by atoms with van der Waals surface area (Å²) >= 11 is 0. The van der Waals surface area contributed by atoms with E-state index in [2.05, 4.69) is 81.4 Å². The molecule has 0 saturated heterocycles. The number of hydrogen-bond donors (Lipinski definition) is 10. The van der Waals surface area contributed by atoms with Gasteiger partial charge < -0.3 is 52.7 Å². The third kappa shape index (κ3) is 12.4. The third-order valence-corrected chi connectivity index (χ3v) is 12.6. The summed E-state index contributed by atoms with van der Waals surface area (Å²) < 4.78 is 5.49. The average molecular weight is 1150 g/mol. The van der Waals surface area contributed by atoms with Crippen LogP contribution in [0.1, 0.15) is 83.2 Å². The lowest BCUT2D eigenvalue weighted by Crippen LogP contribution is -2.10. The van der Waals surface area contributed by atoms with Crippen LogP contribution in [-0.4, -0.2) is 124 Å². The van der Waals surface area contributed by atoms with Gasteiger partial charge in [0.15, 0.2) is 34.6 Å². The number of nitrogen functional groups attached to an aromatic ring is 2. The molecular weight excluding hydrogens is 1100 g/mol. The number of unbranched alkanes of at least 4 members (excludes halogenated alkanes) is 2. The van der Waals surface area contributed by atoms with Crippen molar-refractivity contribution in [2.24, 2.45) is 20.5 Å². The van der Waals surface area contributed by atoms with Gasteiger partial charge in [-0.3, -0.25) is 0 Å². The maximum Gasteiger partial charge on any atom is 0.335 e. The van der Waals surface area contributed by atoms with Crippen molar-refractivity contribution in [2.45, 2.75) is 46.0 Å². The van der Waals surface area contributed by atoms with Crippen molar-refractivity contribution in [2.75, 3.05) is 22.1 Å². The van der Waals surface area contributed by atoms with Crippen LogP contribution in [0.5, 0.6) is 12.0 Å². The fourth-order valence-corrected chi connectivity index (χ4v) is 8.62. The van der Waals surface area contributed by atoms with E-state index in [0.717, 1.165) is 63.3 Å². The van der Waals surface area contributed by atoms with Gasteiger partial charge in [0.2, 0.25) is 11.9 Å². The first kappa shape index (κ1) is 55.9. The second kappa shape index (κ2) is 23.8. The number of aryl methyl sites for hydroxylation is 4. The Balaban J connectivity index is 0.857. The predicted octanol–water partition coefficient (Wildman–Crippen LogP) is 8.06. The predicted molar refractivity (Wildman–Crippen MR) is 300 cm³/mol. The first-order valence-electron chi connectivity index (χ1n) is 25.3. The summed E-state index contributed by atoms with van der Waals surface area (Å²) in [5, 5.41) is 101. The number of anilines is 6. The fraction of sp³-hybridized carbons (Fsp3) is 0.132. The number of para-hydroxylation sites is 2. The smallest absolute Gasteiger partial charge is 0.335 e. The van der Waals surface area contributed by atoms with Crippen LogP contribution >= 0.6 is 0 Å². The molecule has 0 spiro atoms. The Morgan fingerprint density at radius 1 is 0.482 bits per heavy atom. The van der Waals surface area contributed by atoms with Crippen molar-refractivity contribution < 1.29 is 49.8 Å². The van der Waals surface area contributed by atoms with Gasteiger partial charge in [0.1, 0.15) is 0 Å². The number of aromatic carboxylic acids is 4. The molecule has 32 nitrogen and oxygen atoms in total. The van der Waals surface area contributed by atoms with Gasteiger partial charge in [-0.2, -0.15) is 59.7 Å². The zero-order valence-corrected chi connectivity index (χ0v) is 44.4. The molecule has 6 aromatic heterocycles. The van der Waals surface area contributed by atoms with Crippen molar-refractivity contribution in [3.05, 3.63) is 154 Å². The Labute approximate surface area is 477 Å². The van der Waals surface area contributed by atoms with E-state index in [0.29, 0.717) is 60.1 Å². The van der Waals surface area contributed by atoms with Crippen LogP contribution in [-0.2, 0) is 12.8 Å². The molecule has 4 aromatic carbocycles. The Morgan fingerprint density at radius 3 is 1.20 bits per heavy atom. The molecule has 12 N–H and O–H groups in total. The van der Waals surface area contributed by atoms with E-state index in [-0.39, 0.29) is 80.4 Å². The summed E-state index contributed by atoms with van der Waals surface area (Å²) in [6.07, 6.45) is 6.63. The van der Waals surface area contributed by atoms with Gasteiger partial charge in [0, 0.05) is 22.5 Å². The summed E-state index contributed by atoms with van der Waals surface area (Å²) in [6.45, 7) is 3.25. The zero-order valence-electron chi connectivity index (χ0n) is 44.4. The van der Waals surface area contributed by atoms with Crippen LogP contribution in [0, 0.1) is 13.8 Å². The molecule has 0 fully saturated rings. The Kier molecular flexibility index (Phi) is 15.6. The number of aromatic nitrogens is 14. The third-order valence-electron chi connectivity index (χ3n) is 12.6. The Bertz CT molecular complexity index is 3950. The molecule has 85 heavy (non-hydrogen) atoms. The number of aromatic hydroxyl groups is 2. The van der Waals surface area contributed by atoms with Crippen molar-refractivity contribution in [3.63, 3.8) is 0 Å². The first-order valence-corrected chi connectivity index (χ1v) is 25.3. The molecule has 0 bridgehead atoms. The summed E-state index contributed by atoms with van der Waals surface area (Å²) in [5.41, 5.74) is 15.7. The largest absolute Gasteiger partial charge is 0.479 e. The second-order valence-electron chi connectivity index (χ2n) is 18.5. The molecule has 0 saturated carbocycles. The highest BCUT2D eigenvalue weighted by Gasteiger charge is 2.23. The highest BCUT2D eigenvalue weighted by Crippen LogP contribution is 2.35. The molecule has 0 aliphatic heterocycles. The molecule has 428 valence electrons. The molecule has 0 atom stereocenters. The molecule has 10 rings (SSSR count). The maximum atomic E-state index is 11.7. The number of hydrogen-bond acceptors (Lipinski definition) is 24. The van der Waals surface area contributed by atoms with Gasteiger partial charge in [-0.15, -0.1) is 20.5 Å². The summed E-state index contributed by atoms with van der Waals surface area (Å²) in [5.74, 6) is -5.88. The van der Waals surface area contributed by atoms with Crippen molar-refractivity contribution in [1.29, 1.82) is 0 Å². The molecular formula is C53H46N22O10. The lowest BCUT2D eigenvalue weighted by molar-refractivity contribution is 0.0676. The van der Waals surface area contributed by atoms with Crippen LogP contribution in [0.15, 0.2) is 130 Å². The summed E-state index contributed by atoms with van der Waals surface area (Å²) in [6, 6.07) is 23.7. The van der Waals surface area contributed by atoms with E-state index in [1.165, 1.54) is 0 Å². The Morgan fingerprint density at radius 2 is 0.847 bits per heavy atom. The van der Waals surface area contributed by atoms with Gasteiger partial charge in [0.05, 0.1) is 57.4 Å². The van der Waals surface area contributed by atoms with Gasteiger partial charge in [-0.25, -0.2) is 28.5 Å². The van der Waals surface area contributed by atoms with Gasteiger partial charge >= 0.3 is 35.9 Å². The average Bonchev–Trinajstić information content (AvgIpc) is 4.45. The maximum absolute atomic E-state index is 11.7. The number of benzene rings is 4. The monoisotopic (exact) mass is 1150 g/mol. The Hall–Kier alpha value is -12.4. The SMILES string of the molecule is Cc1nn(-c2nc(O)nc(Nc3cc(C(=O)O)cc(C(=O)O)c3)n2)c(N)c1/N=N/c1c(CCCCCc2cnn(-c3ccccc3)c2/N=N/c2c(C)nn(-c3nc(O)nc(Nc4cc(C(=O)O)cc(C(=O)O)c4)n3)c2N)cnn1-c1ccccc1. The van der Waals surface area contributed by atoms with Gasteiger partial charge in [0.25, 0.3) is 11.9 Å². The molecule has 0 aliphatic rings. The minimum Gasteiger partial charge on any atom is -0.479 e. The number of carboxylic acid groups (broad SMARTS) is 4. The van der Waals surface area contributed by atoms with Crippen LogP contribution in [0.3, 0.4) is 0 Å².